The quantitative estimate of drug-likeness (QED) is 0.253. The van der Waals surface area contributed by atoms with Gasteiger partial charge in [0.25, 0.3) is 10.0 Å². The second-order valence-electron chi connectivity index (χ2n) is 10.6. The fraction of sp³-hybridized carbons (Fsp3) is 0.375. The Labute approximate surface area is 261 Å². The number of nitrogens with one attached hydrogen (secondary N) is 1. The van der Waals surface area contributed by atoms with Crippen LogP contribution in [-0.4, -0.2) is 50.4 Å². The summed E-state index contributed by atoms with van der Waals surface area (Å²) in [5.74, 6) is -0.757. The third-order valence-corrected chi connectivity index (χ3v) is 9.82. The lowest BCUT2D eigenvalue weighted by molar-refractivity contribution is -0.139. The molecule has 1 fully saturated rings. The number of anilines is 1. The van der Waals surface area contributed by atoms with Gasteiger partial charge < -0.3 is 15.0 Å². The first kappa shape index (κ1) is 32.5. The van der Waals surface area contributed by atoms with Crippen LogP contribution in [0.1, 0.15) is 51.5 Å². The monoisotopic (exact) mass is 673 g/mol. The smallest absolute Gasteiger partial charge is 0.264 e. The fourth-order valence-corrected chi connectivity index (χ4v) is 6.75. The molecule has 0 heterocycles. The first-order chi connectivity index (χ1) is 20.6. The summed E-state index contributed by atoms with van der Waals surface area (Å²) in [7, 11) is -4.20. The van der Waals surface area contributed by atoms with Crippen molar-refractivity contribution in [1.82, 2.24) is 10.2 Å². The Morgan fingerprint density at radius 3 is 2.21 bits per heavy atom. The molecule has 1 atom stereocenters. The molecule has 1 N–H and O–H groups in total. The van der Waals surface area contributed by atoms with Gasteiger partial charge >= 0.3 is 0 Å². The molecular weight excluding hydrogens is 637 g/mol. The number of rotatable bonds is 12. The number of hydrogen-bond donors (Lipinski definition) is 1. The van der Waals surface area contributed by atoms with Gasteiger partial charge in [0, 0.05) is 17.1 Å². The predicted octanol–water partition coefficient (Wildman–Crippen LogP) is 6.05. The molecule has 3 aromatic carbocycles. The lowest BCUT2D eigenvalue weighted by atomic mass is 9.95. The number of carbonyl (C=O) groups is 2. The third kappa shape index (κ3) is 8.57. The molecule has 0 aromatic heterocycles. The Kier molecular flexibility index (Phi) is 11.2. The van der Waals surface area contributed by atoms with Crippen LogP contribution in [0.3, 0.4) is 0 Å². The minimum absolute atomic E-state index is 0.00515. The Bertz CT molecular complexity index is 1480. The minimum atomic E-state index is -4.20. The van der Waals surface area contributed by atoms with Crippen LogP contribution in [0.15, 0.2) is 82.2 Å². The Balaban J connectivity index is 1.67. The van der Waals surface area contributed by atoms with Crippen molar-refractivity contribution < 1.29 is 27.1 Å². The summed E-state index contributed by atoms with van der Waals surface area (Å²) in [5.41, 5.74) is 0.871. The number of benzene rings is 3. The number of ether oxygens (including phenoxy) is 1. The standard InChI is InChI=1S/C32H37BrFN3O5S/c1-3-42-29-17-15-28(16-18-29)37(43(40,41)30-19-11-25(33)12-20-30)22-31(38)36(21-24-9-13-26(34)14-10-24)23(2)32(39)35-27-7-5-4-6-8-27/h9-20,23,27H,3-8,21-22H2,1-2H3,(H,35,39)/t23-/m0/s1. The van der Waals surface area contributed by atoms with Crippen LogP contribution in [-0.2, 0) is 26.2 Å². The zero-order valence-corrected chi connectivity index (χ0v) is 26.7. The van der Waals surface area contributed by atoms with Gasteiger partial charge in [0.1, 0.15) is 24.2 Å². The van der Waals surface area contributed by atoms with Crippen molar-refractivity contribution in [2.24, 2.45) is 0 Å². The van der Waals surface area contributed by atoms with Crippen molar-refractivity contribution in [3.05, 3.63) is 88.6 Å². The number of halogens is 2. The number of carbonyl (C=O) groups excluding carboxylic acids is 2. The fourth-order valence-electron chi connectivity index (χ4n) is 5.08. The maximum absolute atomic E-state index is 14.1. The number of amides is 2. The summed E-state index contributed by atoms with van der Waals surface area (Å²) in [6.07, 6.45) is 4.94. The molecule has 230 valence electrons. The van der Waals surface area contributed by atoms with Crippen molar-refractivity contribution in [1.29, 1.82) is 0 Å². The van der Waals surface area contributed by atoms with Crippen LogP contribution in [0, 0.1) is 5.82 Å². The van der Waals surface area contributed by atoms with Gasteiger partial charge in [-0.2, -0.15) is 0 Å². The van der Waals surface area contributed by atoms with E-state index in [2.05, 4.69) is 21.2 Å². The molecule has 0 saturated heterocycles. The molecule has 43 heavy (non-hydrogen) atoms. The minimum Gasteiger partial charge on any atom is -0.494 e. The highest BCUT2D eigenvalue weighted by atomic mass is 79.9. The molecule has 8 nitrogen and oxygen atoms in total. The molecule has 1 saturated carbocycles. The van der Waals surface area contributed by atoms with Crippen LogP contribution < -0.4 is 14.4 Å². The highest BCUT2D eigenvalue weighted by molar-refractivity contribution is 9.10. The summed E-state index contributed by atoms with van der Waals surface area (Å²) in [5, 5.41) is 3.07. The van der Waals surface area contributed by atoms with Gasteiger partial charge in [0.15, 0.2) is 0 Å². The molecule has 1 aliphatic rings. The van der Waals surface area contributed by atoms with E-state index in [0.717, 1.165) is 36.4 Å². The molecule has 2 amide bonds. The topological polar surface area (TPSA) is 96.0 Å². The van der Waals surface area contributed by atoms with Crippen molar-refractivity contribution in [2.75, 3.05) is 17.5 Å². The van der Waals surface area contributed by atoms with E-state index in [0.29, 0.717) is 22.4 Å². The zero-order valence-electron chi connectivity index (χ0n) is 24.3. The van der Waals surface area contributed by atoms with Gasteiger partial charge in [-0.05, 0) is 92.9 Å². The summed E-state index contributed by atoms with van der Waals surface area (Å²) < 4.78 is 48.8. The lowest BCUT2D eigenvalue weighted by Gasteiger charge is -2.33. The van der Waals surface area contributed by atoms with E-state index in [1.54, 1.807) is 55.5 Å². The van der Waals surface area contributed by atoms with Gasteiger partial charge in [0.2, 0.25) is 11.8 Å². The molecule has 0 unspecified atom stereocenters. The summed E-state index contributed by atoms with van der Waals surface area (Å²) in [4.78, 5) is 28.8. The molecule has 0 spiro atoms. The number of nitrogens with zero attached hydrogens (tertiary/aromatic N) is 2. The lowest BCUT2D eigenvalue weighted by Crippen LogP contribution is -2.53. The second kappa shape index (κ2) is 14.8. The van der Waals surface area contributed by atoms with Crippen LogP contribution in [0.5, 0.6) is 5.75 Å². The second-order valence-corrected chi connectivity index (χ2v) is 13.3. The van der Waals surface area contributed by atoms with Crippen LogP contribution in [0.4, 0.5) is 10.1 Å². The molecule has 1 aliphatic carbocycles. The van der Waals surface area contributed by atoms with Crippen LogP contribution >= 0.6 is 15.9 Å². The summed E-state index contributed by atoms with van der Waals surface area (Å²) in [6, 6.07) is 17.4. The first-order valence-corrected chi connectivity index (χ1v) is 16.7. The SMILES string of the molecule is CCOc1ccc(N(CC(=O)N(Cc2ccc(F)cc2)[C@@H](C)C(=O)NC2CCCCC2)S(=O)(=O)c2ccc(Br)cc2)cc1. The molecule has 11 heteroatoms. The van der Waals surface area contributed by atoms with Gasteiger partial charge in [-0.15, -0.1) is 0 Å². The van der Waals surface area contributed by atoms with Crippen molar-refractivity contribution >= 4 is 43.5 Å². The average Bonchev–Trinajstić information content (AvgIpc) is 3.00. The van der Waals surface area contributed by atoms with Gasteiger partial charge in [-0.25, -0.2) is 12.8 Å². The zero-order chi connectivity index (χ0) is 31.0. The van der Waals surface area contributed by atoms with Crippen LogP contribution in [0.25, 0.3) is 0 Å². The van der Waals surface area contributed by atoms with E-state index < -0.39 is 34.3 Å². The van der Waals surface area contributed by atoms with E-state index in [4.69, 9.17) is 4.74 Å². The molecule has 3 aromatic rings. The van der Waals surface area contributed by atoms with Crippen LogP contribution in [0.2, 0.25) is 0 Å². The largest absolute Gasteiger partial charge is 0.494 e. The number of sulfonamides is 1. The first-order valence-electron chi connectivity index (χ1n) is 14.4. The van der Waals surface area contributed by atoms with Crippen molar-refractivity contribution in [2.45, 2.75) is 69.5 Å². The van der Waals surface area contributed by atoms with Gasteiger partial charge in [0.05, 0.1) is 17.2 Å². The number of hydrogen-bond acceptors (Lipinski definition) is 5. The Morgan fingerprint density at radius 1 is 0.977 bits per heavy atom. The molecule has 4 rings (SSSR count). The van der Waals surface area contributed by atoms with Crippen molar-refractivity contribution in [3.8, 4) is 5.75 Å². The average molecular weight is 675 g/mol. The van der Waals surface area contributed by atoms with Crippen molar-refractivity contribution in [3.63, 3.8) is 0 Å². The Morgan fingerprint density at radius 2 is 1.60 bits per heavy atom. The summed E-state index contributed by atoms with van der Waals surface area (Å²) >= 11 is 3.33. The maximum Gasteiger partial charge on any atom is 0.264 e. The highest BCUT2D eigenvalue weighted by Gasteiger charge is 2.33. The molecule has 0 aliphatic heterocycles. The third-order valence-electron chi connectivity index (χ3n) is 7.50. The maximum atomic E-state index is 14.1. The summed E-state index contributed by atoms with van der Waals surface area (Å²) in [6.45, 7) is 3.35. The molecule has 0 radical (unpaired) electrons. The highest BCUT2D eigenvalue weighted by Crippen LogP contribution is 2.28. The van der Waals surface area contributed by atoms with E-state index in [1.807, 2.05) is 6.92 Å². The van der Waals surface area contributed by atoms with Gasteiger partial charge in [-0.3, -0.25) is 13.9 Å². The van der Waals surface area contributed by atoms with E-state index in [-0.39, 0.29) is 29.1 Å². The van der Waals surface area contributed by atoms with E-state index in [9.17, 15) is 22.4 Å². The molecular formula is C32H37BrFN3O5S. The van der Waals surface area contributed by atoms with Gasteiger partial charge in [-0.1, -0.05) is 47.3 Å². The van der Waals surface area contributed by atoms with E-state index >= 15 is 0 Å². The Hall–Kier alpha value is -3.44. The molecule has 0 bridgehead atoms. The van der Waals surface area contributed by atoms with E-state index in [1.165, 1.54) is 29.2 Å². The predicted molar refractivity (Wildman–Crippen MR) is 168 cm³/mol. The normalized spacial score (nSPS) is 14.5.